The Balaban J connectivity index is 2.27. The Morgan fingerprint density at radius 1 is 1.27 bits per heavy atom. The van der Waals surface area contributed by atoms with Gasteiger partial charge in [-0.25, -0.2) is 4.79 Å². The molecule has 7 nitrogen and oxygen atoms in total. The highest BCUT2D eigenvalue weighted by Crippen LogP contribution is 2.29. The van der Waals surface area contributed by atoms with Crippen LogP contribution in [-0.4, -0.2) is 25.0 Å². The summed E-state index contributed by atoms with van der Waals surface area (Å²) in [7, 11) is 1.54. The van der Waals surface area contributed by atoms with E-state index in [1.165, 1.54) is 0 Å². The summed E-state index contributed by atoms with van der Waals surface area (Å²) in [5.41, 5.74) is 1.82. The topological polar surface area (TPSA) is 109 Å². The number of rotatable bonds is 7. The van der Waals surface area contributed by atoms with Crippen LogP contribution in [-0.2, 0) is 16.0 Å². The highest BCUT2D eigenvalue weighted by molar-refractivity contribution is 5.86. The largest absolute Gasteiger partial charge is 0.548 e. The van der Waals surface area contributed by atoms with E-state index in [2.05, 4.69) is 5.32 Å². The van der Waals surface area contributed by atoms with Crippen molar-refractivity contribution in [2.45, 2.75) is 46.1 Å². The molecule has 0 saturated carbocycles. The molecule has 2 rings (SSSR count). The third-order valence-corrected chi connectivity index (χ3v) is 4.50. The predicted octanol–water partition coefficient (Wildman–Crippen LogP) is 0.996. The molecule has 0 aliphatic heterocycles. The minimum Gasteiger partial charge on any atom is -0.548 e. The van der Waals surface area contributed by atoms with E-state index in [0.717, 1.165) is 16.5 Å². The number of fused-ring (bicyclic) bond motifs is 1. The summed E-state index contributed by atoms with van der Waals surface area (Å²) in [6, 6.07) is 2.57. The Kier molecular flexibility index (Phi) is 6.02. The Hall–Kier alpha value is -2.83. The molecule has 1 aromatic carbocycles. The number of carboxylic acids is 1. The second kappa shape index (κ2) is 8.03. The first kappa shape index (κ1) is 19.5. The molecular formula is C19H22NO6-. The molecule has 1 amide bonds. The summed E-state index contributed by atoms with van der Waals surface area (Å²) in [5.74, 6) is -1.16. The highest BCUT2D eigenvalue weighted by Gasteiger charge is 2.17. The van der Waals surface area contributed by atoms with Crippen LogP contribution in [0.4, 0.5) is 0 Å². The van der Waals surface area contributed by atoms with Crippen molar-refractivity contribution in [2.24, 2.45) is 0 Å². The van der Waals surface area contributed by atoms with Crippen LogP contribution in [0.15, 0.2) is 21.3 Å². The van der Waals surface area contributed by atoms with Crippen molar-refractivity contribution in [3.8, 4) is 5.75 Å². The van der Waals surface area contributed by atoms with Crippen LogP contribution >= 0.6 is 0 Å². The van der Waals surface area contributed by atoms with Gasteiger partial charge < -0.3 is 24.4 Å². The molecule has 1 atom stereocenters. The van der Waals surface area contributed by atoms with Crippen molar-refractivity contribution in [1.82, 2.24) is 5.32 Å². The monoisotopic (exact) mass is 360 g/mol. The van der Waals surface area contributed by atoms with Gasteiger partial charge in [0, 0.05) is 22.9 Å². The Morgan fingerprint density at radius 3 is 2.54 bits per heavy atom. The maximum Gasteiger partial charge on any atom is 0.339 e. The van der Waals surface area contributed by atoms with Gasteiger partial charge in [0.2, 0.25) is 5.91 Å². The lowest BCUT2D eigenvalue weighted by Gasteiger charge is -2.17. The molecule has 26 heavy (non-hydrogen) atoms. The molecule has 0 saturated heterocycles. The number of hydrogen-bond acceptors (Lipinski definition) is 6. The number of nitrogens with one attached hydrogen (secondary N) is 1. The van der Waals surface area contributed by atoms with Crippen molar-refractivity contribution >= 4 is 22.8 Å². The second-order valence-corrected chi connectivity index (χ2v) is 6.11. The van der Waals surface area contributed by atoms with Gasteiger partial charge in [-0.1, -0.05) is 6.92 Å². The highest BCUT2D eigenvalue weighted by atomic mass is 16.5. The minimum absolute atomic E-state index is 0.0178. The van der Waals surface area contributed by atoms with Crippen molar-refractivity contribution in [3.63, 3.8) is 0 Å². The van der Waals surface area contributed by atoms with Crippen LogP contribution in [0.3, 0.4) is 0 Å². The Bertz CT molecular complexity index is 899. The van der Waals surface area contributed by atoms with Crippen LogP contribution in [0.2, 0.25) is 0 Å². The first-order valence-corrected chi connectivity index (χ1v) is 8.40. The van der Waals surface area contributed by atoms with Gasteiger partial charge in [-0.3, -0.25) is 4.79 Å². The van der Waals surface area contributed by atoms with Gasteiger partial charge in [0.1, 0.15) is 11.3 Å². The predicted molar refractivity (Wildman–Crippen MR) is 94.1 cm³/mol. The first-order chi connectivity index (χ1) is 12.3. The lowest BCUT2D eigenvalue weighted by atomic mass is 10.00. The number of methoxy groups -OCH3 is 1. The smallest absolute Gasteiger partial charge is 0.339 e. The third kappa shape index (κ3) is 3.87. The Labute approximate surface area is 151 Å². The zero-order chi connectivity index (χ0) is 19.4. The van der Waals surface area contributed by atoms with Crippen molar-refractivity contribution in [2.75, 3.05) is 7.11 Å². The number of aliphatic carboxylic acids is 1. The summed E-state index contributed by atoms with van der Waals surface area (Å²) < 4.78 is 10.7. The zero-order valence-corrected chi connectivity index (χ0v) is 15.3. The molecule has 0 unspecified atom stereocenters. The zero-order valence-electron chi connectivity index (χ0n) is 15.3. The van der Waals surface area contributed by atoms with E-state index in [4.69, 9.17) is 9.15 Å². The molecule has 0 bridgehead atoms. The van der Waals surface area contributed by atoms with Gasteiger partial charge in [-0.2, -0.15) is 0 Å². The molecule has 1 heterocycles. The molecular weight excluding hydrogens is 338 g/mol. The molecule has 0 fully saturated rings. The van der Waals surface area contributed by atoms with Gasteiger partial charge in [-0.05, 0) is 44.4 Å². The van der Waals surface area contributed by atoms with E-state index < -0.39 is 23.5 Å². The fourth-order valence-corrected chi connectivity index (χ4v) is 2.91. The van der Waals surface area contributed by atoms with Crippen molar-refractivity contribution in [3.05, 3.63) is 39.2 Å². The number of amides is 1. The van der Waals surface area contributed by atoms with Crippen molar-refractivity contribution in [1.29, 1.82) is 0 Å². The standard InChI is InChI=1S/C19H23NO6/c1-5-14(18(22)23)20-16(21)9-7-13-10(2)12-6-8-15(25-4)11(3)17(12)26-19(13)24/h6,8,14H,5,7,9H2,1-4H3,(H,20,21)(H,22,23)/p-1/t14-/m0/s1. The van der Waals surface area contributed by atoms with Gasteiger partial charge >= 0.3 is 5.63 Å². The van der Waals surface area contributed by atoms with Gasteiger partial charge in [-0.15, -0.1) is 0 Å². The van der Waals surface area contributed by atoms with Crippen molar-refractivity contribution < 1.29 is 23.8 Å². The van der Waals surface area contributed by atoms with E-state index in [0.29, 0.717) is 16.9 Å². The molecule has 140 valence electrons. The maximum absolute atomic E-state index is 12.4. The molecule has 0 aliphatic rings. The van der Waals surface area contributed by atoms with Crippen LogP contribution < -0.4 is 20.8 Å². The number of carboxylic acid groups (broad SMARTS) is 1. The van der Waals surface area contributed by atoms with E-state index in [9.17, 15) is 19.5 Å². The number of ether oxygens (including phenoxy) is 1. The number of hydrogen-bond donors (Lipinski definition) is 1. The summed E-state index contributed by atoms with van der Waals surface area (Å²) in [6.45, 7) is 5.25. The fraction of sp³-hybridized carbons (Fsp3) is 0.421. The number of carbonyl (C=O) groups is 2. The fourth-order valence-electron chi connectivity index (χ4n) is 2.91. The molecule has 7 heteroatoms. The summed E-state index contributed by atoms with van der Waals surface area (Å²) in [6.07, 6.45) is 0.368. The van der Waals surface area contributed by atoms with E-state index in [1.807, 2.05) is 13.0 Å². The molecule has 1 N–H and O–H groups in total. The number of benzene rings is 1. The maximum atomic E-state index is 12.4. The molecule has 2 aromatic rings. The van der Waals surface area contributed by atoms with Crippen LogP contribution in [0.25, 0.3) is 11.0 Å². The van der Waals surface area contributed by atoms with Crippen LogP contribution in [0, 0.1) is 13.8 Å². The van der Waals surface area contributed by atoms with Gasteiger partial charge in [0.15, 0.2) is 0 Å². The molecule has 0 spiro atoms. The lowest BCUT2D eigenvalue weighted by Crippen LogP contribution is -2.47. The SMILES string of the molecule is CC[C@H](NC(=O)CCc1c(C)c2ccc(OC)c(C)c2oc1=O)C(=O)[O-]. The normalized spacial score (nSPS) is 12.0. The third-order valence-electron chi connectivity index (χ3n) is 4.50. The lowest BCUT2D eigenvalue weighted by molar-refractivity contribution is -0.308. The van der Waals surface area contributed by atoms with E-state index in [1.54, 1.807) is 27.0 Å². The number of aryl methyl sites for hydroxylation is 2. The first-order valence-electron chi connectivity index (χ1n) is 8.40. The Morgan fingerprint density at radius 2 is 1.96 bits per heavy atom. The summed E-state index contributed by atoms with van der Waals surface area (Å²) in [4.78, 5) is 35.2. The average molecular weight is 360 g/mol. The number of carbonyl (C=O) groups excluding carboxylic acids is 2. The van der Waals surface area contributed by atoms with Crippen LogP contribution in [0.1, 0.15) is 36.5 Å². The quantitative estimate of drug-likeness (QED) is 0.738. The summed E-state index contributed by atoms with van der Waals surface area (Å²) >= 11 is 0. The molecule has 1 aromatic heterocycles. The molecule has 0 aliphatic carbocycles. The van der Waals surface area contributed by atoms with Crippen LogP contribution in [0.5, 0.6) is 5.75 Å². The van der Waals surface area contributed by atoms with E-state index >= 15 is 0 Å². The minimum atomic E-state index is -1.33. The van der Waals surface area contributed by atoms with E-state index in [-0.39, 0.29) is 19.3 Å². The average Bonchev–Trinajstić information content (AvgIpc) is 2.60. The summed E-state index contributed by atoms with van der Waals surface area (Å²) in [5, 5.41) is 14.0. The second-order valence-electron chi connectivity index (χ2n) is 6.11. The molecule has 0 radical (unpaired) electrons. The van der Waals surface area contributed by atoms with Gasteiger partial charge in [0.25, 0.3) is 0 Å². The van der Waals surface area contributed by atoms with Gasteiger partial charge in [0.05, 0.1) is 19.1 Å².